The van der Waals surface area contributed by atoms with Crippen molar-refractivity contribution in [2.75, 3.05) is 20.1 Å². The van der Waals surface area contributed by atoms with Crippen LogP contribution in [0.3, 0.4) is 0 Å². The van der Waals surface area contributed by atoms with E-state index in [1.54, 1.807) is 30.1 Å². The van der Waals surface area contributed by atoms with Gasteiger partial charge in [0.1, 0.15) is 11.6 Å². The van der Waals surface area contributed by atoms with Gasteiger partial charge in [-0.25, -0.2) is 13.4 Å². The number of carbonyl (C=O) groups is 1. The highest BCUT2D eigenvalue weighted by Crippen LogP contribution is 2.24. The van der Waals surface area contributed by atoms with Crippen molar-refractivity contribution >= 4 is 27.0 Å². The summed E-state index contributed by atoms with van der Waals surface area (Å²) in [5, 5.41) is 3.94. The molecule has 3 rings (SSSR count). The van der Waals surface area contributed by atoms with E-state index in [2.05, 4.69) is 10.1 Å². The molecule has 0 unspecified atom stereocenters. The summed E-state index contributed by atoms with van der Waals surface area (Å²) in [4.78, 5) is 19.4. The van der Waals surface area contributed by atoms with E-state index in [-0.39, 0.29) is 10.8 Å². The first-order valence-corrected chi connectivity index (χ1v) is 12.7. The second-order valence-corrected chi connectivity index (χ2v) is 10.0. The van der Waals surface area contributed by atoms with Gasteiger partial charge < -0.3 is 14.0 Å². The van der Waals surface area contributed by atoms with Gasteiger partial charge in [0, 0.05) is 45.1 Å². The van der Waals surface area contributed by atoms with E-state index in [1.807, 2.05) is 39.2 Å². The Balaban J connectivity index is 1.79. The lowest BCUT2D eigenvalue weighted by atomic mass is 10.2. The molecule has 0 saturated carbocycles. The number of fused-ring (bicyclic) bond motifs is 1. The number of nitrogens with zero attached hydrogens (tertiary/aromatic N) is 5. The molecule has 1 amide bonds. The summed E-state index contributed by atoms with van der Waals surface area (Å²) in [6, 6.07) is 5.07. The Morgan fingerprint density at radius 2 is 1.85 bits per heavy atom. The summed E-state index contributed by atoms with van der Waals surface area (Å²) in [6.45, 7) is 11.3. The second-order valence-electron chi connectivity index (χ2n) is 8.06. The maximum atomic E-state index is 12.9. The molecule has 0 spiro atoms. The van der Waals surface area contributed by atoms with Crippen molar-refractivity contribution in [3.63, 3.8) is 0 Å². The zero-order valence-electron chi connectivity index (χ0n) is 20.3. The number of hydrogen-bond acceptors (Lipinski definition) is 6. The third-order valence-corrected chi connectivity index (χ3v) is 8.07. The molecule has 1 aromatic carbocycles. The van der Waals surface area contributed by atoms with E-state index in [4.69, 9.17) is 4.52 Å². The van der Waals surface area contributed by atoms with Crippen LogP contribution in [0.2, 0.25) is 0 Å². The molecule has 3 aromatic rings. The zero-order chi connectivity index (χ0) is 24.3. The molecular weight excluding hydrogens is 442 g/mol. The van der Waals surface area contributed by atoms with E-state index in [0.29, 0.717) is 44.5 Å². The Labute approximate surface area is 195 Å². The van der Waals surface area contributed by atoms with Crippen molar-refractivity contribution in [2.24, 2.45) is 0 Å². The van der Waals surface area contributed by atoms with Crippen molar-refractivity contribution in [1.29, 1.82) is 0 Å². The van der Waals surface area contributed by atoms with Crippen molar-refractivity contribution in [3.05, 3.63) is 41.0 Å². The van der Waals surface area contributed by atoms with Crippen LogP contribution in [-0.4, -0.2) is 58.4 Å². The molecule has 0 atom stereocenters. The fourth-order valence-electron chi connectivity index (χ4n) is 4.04. The third kappa shape index (κ3) is 4.96. The van der Waals surface area contributed by atoms with E-state index in [9.17, 15) is 13.2 Å². The van der Waals surface area contributed by atoms with Gasteiger partial charge in [-0.1, -0.05) is 19.0 Å². The van der Waals surface area contributed by atoms with Crippen molar-refractivity contribution < 1.29 is 17.7 Å². The number of sulfonamides is 1. The summed E-state index contributed by atoms with van der Waals surface area (Å²) in [5.74, 6) is 1.48. The smallest absolute Gasteiger partial charge is 0.243 e. The number of imidazole rings is 1. The molecule has 9 nitrogen and oxygen atoms in total. The average Bonchev–Trinajstić information content (AvgIpc) is 3.31. The number of aromatic nitrogens is 3. The van der Waals surface area contributed by atoms with E-state index in [1.165, 1.54) is 4.31 Å². The Kier molecular flexibility index (Phi) is 7.58. The van der Waals surface area contributed by atoms with Crippen LogP contribution < -0.4 is 0 Å². The first-order valence-electron chi connectivity index (χ1n) is 11.3. The van der Waals surface area contributed by atoms with Gasteiger partial charge in [-0.05, 0) is 39.0 Å². The highest BCUT2D eigenvalue weighted by Gasteiger charge is 2.23. The maximum absolute atomic E-state index is 12.9. The first-order chi connectivity index (χ1) is 15.6. The number of hydrogen-bond donors (Lipinski definition) is 0. The number of benzene rings is 1. The second kappa shape index (κ2) is 10.0. The van der Waals surface area contributed by atoms with Crippen LogP contribution in [-0.2, 0) is 34.3 Å². The molecular formula is C23H33N5O4S. The molecule has 0 N–H and O–H groups in total. The monoisotopic (exact) mass is 475 g/mol. The Morgan fingerprint density at radius 1 is 1.15 bits per heavy atom. The molecule has 0 bridgehead atoms. The van der Waals surface area contributed by atoms with Crippen molar-refractivity contribution in [3.8, 4) is 0 Å². The third-order valence-electron chi connectivity index (χ3n) is 6.02. The van der Waals surface area contributed by atoms with Gasteiger partial charge in [0.25, 0.3) is 0 Å². The van der Waals surface area contributed by atoms with Crippen molar-refractivity contribution in [2.45, 2.75) is 65.4 Å². The van der Waals surface area contributed by atoms with E-state index < -0.39 is 10.0 Å². The minimum Gasteiger partial charge on any atom is -0.361 e. The molecule has 0 saturated heterocycles. The van der Waals surface area contributed by atoms with Gasteiger partial charge in [-0.15, -0.1) is 0 Å². The zero-order valence-corrected chi connectivity index (χ0v) is 21.1. The SMILES string of the molecule is CCN(CC)S(=O)(=O)c1ccc2c(c1)nc(CCC(=O)N(C)Cc1c(C)noc1C)n2CC. The molecule has 33 heavy (non-hydrogen) atoms. The van der Waals surface area contributed by atoms with Crippen LogP contribution >= 0.6 is 0 Å². The van der Waals surface area contributed by atoms with Crippen LogP contribution in [0, 0.1) is 13.8 Å². The quantitative estimate of drug-likeness (QED) is 0.446. The van der Waals surface area contributed by atoms with E-state index >= 15 is 0 Å². The molecule has 0 aliphatic heterocycles. The minimum atomic E-state index is -3.56. The van der Waals surface area contributed by atoms with Crippen LogP contribution in [0.4, 0.5) is 0 Å². The molecule has 2 heterocycles. The van der Waals surface area contributed by atoms with Crippen LogP contribution in [0.1, 0.15) is 50.0 Å². The maximum Gasteiger partial charge on any atom is 0.243 e. The normalized spacial score (nSPS) is 12.1. The summed E-state index contributed by atoms with van der Waals surface area (Å²) in [7, 11) is -1.80. The largest absolute Gasteiger partial charge is 0.361 e. The molecule has 0 aliphatic rings. The minimum absolute atomic E-state index is 0.00508. The molecule has 180 valence electrons. The highest BCUT2D eigenvalue weighted by molar-refractivity contribution is 7.89. The fraction of sp³-hybridized carbons (Fsp3) is 0.522. The molecule has 0 fully saturated rings. The summed E-state index contributed by atoms with van der Waals surface area (Å²) in [5.41, 5.74) is 3.20. The number of aryl methyl sites for hydroxylation is 4. The van der Waals surface area contributed by atoms with Crippen LogP contribution in [0.5, 0.6) is 0 Å². The summed E-state index contributed by atoms with van der Waals surface area (Å²) >= 11 is 0. The van der Waals surface area contributed by atoms with Crippen LogP contribution in [0.25, 0.3) is 11.0 Å². The lowest BCUT2D eigenvalue weighted by molar-refractivity contribution is -0.130. The number of amides is 1. The Bertz CT molecular complexity index is 1220. The van der Waals surface area contributed by atoms with Gasteiger partial charge >= 0.3 is 0 Å². The number of carbonyl (C=O) groups excluding carboxylic acids is 1. The lowest BCUT2D eigenvalue weighted by Crippen LogP contribution is -2.30. The molecule has 2 aromatic heterocycles. The predicted molar refractivity (Wildman–Crippen MR) is 126 cm³/mol. The Hall–Kier alpha value is -2.72. The molecule has 0 aliphatic carbocycles. The topological polar surface area (TPSA) is 102 Å². The number of rotatable bonds is 10. The average molecular weight is 476 g/mol. The van der Waals surface area contributed by atoms with E-state index in [0.717, 1.165) is 28.4 Å². The van der Waals surface area contributed by atoms with Crippen molar-refractivity contribution in [1.82, 2.24) is 23.9 Å². The van der Waals surface area contributed by atoms with Gasteiger partial charge in [0.05, 0.1) is 28.2 Å². The fourth-order valence-corrected chi connectivity index (χ4v) is 5.52. The van der Waals surface area contributed by atoms with Gasteiger partial charge in [0.15, 0.2) is 0 Å². The summed E-state index contributed by atoms with van der Waals surface area (Å²) in [6.07, 6.45) is 0.763. The molecule has 10 heteroatoms. The summed E-state index contributed by atoms with van der Waals surface area (Å²) < 4.78 is 34.4. The van der Waals surface area contributed by atoms with Crippen LogP contribution in [0.15, 0.2) is 27.6 Å². The predicted octanol–water partition coefficient (Wildman–Crippen LogP) is 3.28. The van der Waals surface area contributed by atoms with Gasteiger partial charge in [-0.2, -0.15) is 4.31 Å². The van der Waals surface area contributed by atoms with Gasteiger partial charge in [-0.3, -0.25) is 4.79 Å². The standard InChI is InChI=1S/C23H33N5O4S/c1-7-27(8-2)33(30,31)18-10-11-21-20(14-18)24-22(28(21)9-3)12-13-23(29)26(6)15-19-16(4)25-32-17(19)5/h10-11,14H,7-9,12-13,15H2,1-6H3. The highest BCUT2D eigenvalue weighted by atomic mass is 32.2. The van der Waals surface area contributed by atoms with Gasteiger partial charge in [0.2, 0.25) is 15.9 Å². The molecule has 0 radical (unpaired) electrons. The Morgan fingerprint density at radius 3 is 2.42 bits per heavy atom. The lowest BCUT2D eigenvalue weighted by Gasteiger charge is -2.18. The first kappa shape index (κ1) is 24.9.